The highest BCUT2D eigenvalue weighted by Crippen LogP contribution is 2.29. The second kappa shape index (κ2) is 9.10. The number of nitrogens with zero attached hydrogens (tertiary/aromatic N) is 5. The lowest BCUT2D eigenvalue weighted by Gasteiger charge is -2.23. The number of aromatic nitrogens is 3. The first-order valence-electron chi connectivity index (χ1n) is 8.52. The van der Waals surface area contributed by atoms with E-state index in [4.69, 9.17) is 14.4 Å². The summed E-state index contributed by atoms with van der Waals surface area (Å²) in [4.78, 5) is 14.5. The molecule has 0 aliphatic heterocycles. The highest BCUT2D eigenvalue weighted by Gasteiger charge is 2.21. The molecule has 2 aromatic heterocycles. The van der Waals surface area contributed by atoms with Crippen LogP contribution in [0, 0.1) is 11.3 Å². The van der Waals surface area contributed by atoms with Crippen molar-refractivity contribution in [3.8, 4) is 23.4 Å². The van der Waals surface area contributed by atoms with Crippen molar-refractivity contribution in [2.24, 2.45) is 7.05 Å². The van der Waals surface area contributed by atoms with Crippen molar-refractivity contribution in [1.29, 1.82) is 5.26 Å². The molecule has 28 heavy (non-hydrogen) atoms. The number of carbonyl (C=O) groups excluding carboxylic acids is 1. The van der Waals surface area contributed by atoms with Gasteiger partial charge in [-0.2, -0.15) is 5.26 Å². The Balaban J connectivity index is 1.75. The second-order valence-corrected chi connectivity index (χ2v) is 6.70. The quantitative estimate of drug-likeness (QED) is 0.539. The number of rotatable bonds is 8. The average Bonchev–Trinajstić information content (AvgIpc) is 3.36. The third-order valence-corrected chi connectivity index (χ3v) is 5.03. The molecule has 0 aliphatic carbocycles. The maximum atomic E-state index is 12.9. The number of thioether (sulfide) groups is 1. The fourth-order valence-electron chi connectivity index (χ4n) is 2.66. The molecular formula is C19H19N5O3S. The molecule has 2 heterocycles. The monoisotopic (exact) mass is 397 g/mol. The van der Waals surface area contributed by atoms with Gasteiger partial charge in [-0.1, -0.05) is 23.9 Å². The van der Waals surface area contributed by atoms with E-state index in [2.05, 4.69) is 16.3 Å². The van der Waals surface area contributed by atoms with Crippen LogP contribution in [0.2, 0.25) is 0 Å². The van der Waals surface area contributed by atoms with Crippen molar-refractivity contribution < 1.29 is 13.9 Å². The first-order valence-corrected chi connectivity index (χ1v) is 9.50. The average molecular weight is 397 g/mol. The number of amides is 1. The van der Waals surface area contributed by atoms with Crippen molar-refractivity contribution in [3.63, 3.8) is 0 Å². The van der Waals surface area contributed by atoms with Crippen LogP contribution in [0.1, 0.15) is 6.42 Å². The Morgan fingerprint density at radius 2 is 2.14 bits per heavy atom. The van der Waals surface area contributed by atoms with Crippen LogP contribution in [0.4, 0.5) is 5.69 Å². The number of hydrogen-bond acceptors (Lipinski definition) is 7. The standard InChI is InChI=1S/C19H19N5O3S/c1-23-18(16-9-5-12-27-16)21-22-19(23)28-13-17(25)24(11-6-10-20)14-7-3-4-8-15(14)26-2/h3-5,7-9,12H,6,11,13H2,1-2H3. The van der Waals surface area contributed by atoms with Crippen LogP contribution in [0.3, 0.4) is 0 Å². The fraction of sp³-hybridized carbons (Fsp3) is 0.263. The van der Waals surface area contributed by atoms with E-state index in [-0.39, 0.29) is 24.6 Å². The minimum absolute atomic E-state index is 0.146. The zero-order chi connectivity index (χ0) is 19.9. The Morgan fingerprint density at radius 1 is 1.32 bits per heavy atom. The molecule has 144 valence electrons. The van der Waals surface area contributed by atoms with E-state index in [0.29, 0.717) is 28.2 Å². The van der Waals surface area contributed by atoms with Gasteiger partial charge in [0.2, 0.25) is 5.91 Å². The Labute approximate surface area is 166 Å². The summed E-state index contributed by atoms with van der Waals surface area (Å²) in [5.41, 5.74) is 0.639. The zero-order valence-electron chi connectivity index (χ0n) is 15.5. The number of ether oxygens (including phenoxy) is 1. The molecule has 0 spiro atoms. The smallest absolute Gasteiger partial charge is 0.237 e. The summed E-state index contributed by atoms with van der Waals surface area (Å²) in [6.07, 6.45) is 1.79. The van der Waals surface area contributed by atoms with Crippen molar-refractivity contribution in [2.45, 2.75) is 11.6 Å². The largest absolute Gasteiger partial charge is 0.495 e. The normalized spacial score (nSPS) is 10.5. The summed E-state index contributed by atoms with van der Waals surface area (Å²) in [6, 6.07) is 12.9. The van der Waals surface area contributed by atoms with Crippen LogP contribution in [0.15, 0.2) is 52.2 Å². The van der Waals surface area contributed by atoms with Crippen molar-refractivity contribution in [2.75, 3.05) is 24.3 Å². The van der Waals surface area contributed by atoms with Crippen LogP contribution in [-0.2, 0) is 11.8 Å². The van der Waals surface area contributed by atoms with Crippen LogP contribution in [-0.4, -0.2) is 40.1 Å². The fourth-order valence-corrected chi connectivity index (χ4v) is 3.45. The van der Waals surface area contributed by atoms with Gasteiger partial charge in [0.1, 0.15) is 5.75 Å². The molecule has 0 saturated heterocycles. The molecule has 3 aromatic rings. The summed E-state index contributed by atoms with van der Waals surface area (Å²) in [5.74, 6) is 1.78. The molecule has 3 rings (SSSR count). The first kappa shape index (κ1) is 19.5. The van der Waals surface area contributed by atoms with Crippen molar-refractivity contribution >= 4 is 23.4 Å². The van der Waals surface area contributed by atoms with Crippen molar-refractivity contribution in [1.82, 2.24) is 14.8 Å². The molecule has 9 heteroatoms. The van der Waals surface area contributed by atoms with Gasteiger partial charge in [-0.05, 0) is 24.3 Å². The Morgan fingerprint density at radius 3 is 2.86 bits per heavy atom. The van der Waals surface area contributed by atoms with E-state index in [9.17, 15) is 4.79 Å². The maximum absolute atomic E-state index is 12.9. The molecule has 0 aliphatic rings. The molecule has 0 bridgehead atoms. The van der Waals surface area contributed by atoms with Gasteiger partial charge in [0.15, 0.2) is 16.7 Å². The van der Waals surface area contributed by atoms with Gasteiger partial charge < -0.3 is 18.6 Å². The molecule has 1 aromatic carbocycles. The molecule has 0 saturated carbocycles. The summed E-state index contributed by atoms with van der Waals surface area (Å²) in [6.45, 7) is 0.284. The maximum Gasteiger partial charge on any atom is 0.237 e. The van der Waals surface area contributed by atoms with Gasteiger partial charge in [0.05, 0.1) is 37.3 Å². The third-order valence-electron chi connectivity index (χ3n) is 4.03. The van der Waals surface area contributed by atoms with Gasteiger partial charge in [0.25, 0.3) is 0 Å². The van der Waals surface area contributed by atoms with Gasteiger partial charge in [-0.3, -0.25) is 4.79 Å². The Bertz CT molecular complexity index is 978. The number of furan rings is 1. The molecule has 1 amide bonds. The Kier molecular flexibility index (Phi) is 6.34. The van der Waals surface area contributed by atoms with E-state index >= 15 is 0 Å². The Hall–Kier alpha value is -3.25. The van der Waals surface area contributed by atoms with E-state index in [1.807, 2.05) is 19.2 Å². The SMILES string of the molecule is COc1ccccc1N(CCC#N)C(=O)CSc1nnc(-c2ccco2)n1C. The van der Waals surface area contributed by atoms with Crippen molar-refractivity contribution in [3.05, 3.63) is 42.7 Å². The summed E-state index contributed by atoms with van der Waals surface area (Å²) >= 11 is 1.28. The van der Waals surface area contributed by atoms with Gasteiger partial charge >= 0.3 is 0 Å². The van der Waals surface area contributed by atoms with E-state index in [0.717, 1.165) is 0 Å². The molecule has 0 atom stereocenters. The number of anilines is 1. The zero-order valence-corrected chi connectivity index (χ0v) is 16.3. The van der Waals surface area contributed by atoms with E-state index < -0.39 is 0 Å². The lowest BCUT2D eigenvalue weighted by Crippen LogP contribution is -2.33. The number of para-hydroxylation sites is 2. The molecule has 0 fully saturated rings. The number of carbonyl (C=O) groups is 1. The number of nitriles is 1. The molecular weight excluding hydrogens is 378 g/mol. The number of benzene rings is 1. The van der Waals surface area contributed by atoms with Crippen LogP contribution in [0.5, 0.6) is 5.75 Å². The lowest BCUT2D eigenvalue weighted by molar-refractivity contribution is -0.116. The van der Waals surface area contributed by atoms with Gasteiger partial charge in [-0.15, -0.1) is 10.2 Å². The topological polar surface area (TPSA) is 97.2 Å². The second-order valence-electron chi connectivity index (χ2n) is 5.76. The predicted molar refractivity (Wildman–Crippen MR) is 105 cm³/mol. The highest BCUT2D eigenvalue weighted by molar-refractivity contribution is 7.99. The van der Waals surface area contributed by atoms with Crippen LogP contribution >= 0.6 is 11.8 Å². The summed E-state index contributed by atoms with van der Waals surface area (Å²) in [7, 11) is 3.37. The van der Waals surface area contributed by atoms with Gasteiger partial charge in [0, 0.05) is 13.6 Å². The summed E-state index contributed by atoms with van der Waals surface area (Å²) < 4.78 is 12.5. The lowest BCUT2D eigenvalue weighted by atomic mass is 10.2. The minimum Gasteiger partial charge on any atom is -0.495 e. The molecule has 0 N–H and O–H groups in total. The predicted octanol–water partition coefficient (Wildman–Crippen LogP) is 3.12. The van der Waals surface area contributed by atoms with E-state index in [1.54, 1.807) is 47.1 Å². The first-order chi connectivity index (χ1) is 13.7. The third kappa shape index (κ3) is 4.18. The molecule has 8 nitrogen and oxygen atoms in total. The summed E-state index contributed by atoms with van der Waals surface area (Å²) in [5, 5.41) is 17.8. The van der Waals surface area contributed by atoms with E-state index in [1.165, 1.54) is 11.8 Å². The number of hydrogen-bond donors (Lipinski definition) is 0. The van der Waals surface area contributed by atoms with Crippen LogP contribution < -0.4 is 9.64 Å². The van der Waals surface area contributed by atoms with Crippen LogP contribution in [0.25, 0.3) is 11.6 Å². The molecule has 0 unspecified atom stereocenters. The minimum atomic E-state index is -0.146. The highest BCUT2D eigenvalue weighted by atomic mass is 32.2. The van der Waals surface area contributed by atoms with Gasteiger partial charge in [-0.25, -0.2) is 0 Å². The molecule has 0 radical (unpaired) electrons. The number of methoxy groups -OCH3 is 1.